The van der Waals surface area contributed by atoms with Crippen LogP contribution in [0, 0.1) is 6.92 Å². The Balaban J connectivity index is 2.46. The minimum absolute atomic E-state index is 0.0375. The summed E-state index contributed by atoms with van der Waals surface area (Å²) in [6.45, 7) is 6.41. The van der Waals surface area contributed by atoms with E-state index in [0.29, 0.717) is 6.54 Å². The van der Waals surface area contributed by atoms with Crippen molar-refractivity contribution >= 4 is 5.91 Å². The molecule has 0 atom stereocenters. The van der Waals surface area contributed by atoms with Crippen molar-refractivity contribution in [3.05, 3.63) is 18.0 Å². The topological polar surface area (TPSA) is 46.9 Å². The van der Waals surface area contributed by atoms with Crippen molar-refractivity contribution in [2.45, 2.75) is 46.2 Å². The first-order valence-corrected chi connectivity index (χ1v) is 5.45. The first-order chi connectivity index (χ1) is 7.17. The van der Waals surface area contributed by atoms with Crippen molar-refractivity contribution in [2.24, 2.45) is 0 Å². The normalized spacial score (nSPS) is 10.7. The van der Waals surface area contributed by atoms with Crippen LogP contribution in [-0.2, 0) is 11.3 Å². The minimum atomic E-state index is 0.0375. The zero-order chi connectivity index (χ0) is 11.3. The molecular formula is C11H19N3O. The van der Waals surface area contributed by atoms with Gasteiger partial charge in [-0.15, -0.1) is 0 Å². The standard InChI is InChI=1S/C11H19N3O/c1-4-10(5-2)13-11(15)8-14-9(3)6-7-12-14/h6-7,10H,4-5,8H2,1-3H3,(H,13,15). The van der Waals surface area contributed by atoms with Crippen molar-refractivity contribution in [2.75, 3.05) is 0 Å². The maximum atomic E-state index is 11.6. The number of nitrogens with one attached hydrogen (secondary N) is 1. The SMILES string of the molecule is CCC(CC)NC(=O)Cn1nccc1C. The summed E-state index contributed by atoms with van der Waals surface area (Å²) in [7, 11) is 0. The molecule has 0 aliphatic rings. The van der Waals surface area contributed by atoms with Gasteiger partial charge in [0.05, 0.1) is 0 Å². The van der Waals surface area contributed by atoms with E-state index in [1.807, 2.05) is 13.0 Å². The van der Waals surface area contributed by atoms with Gasteiger partial charge in [0, 0.05) is 17.9 Å². The van der Waals surface area contributed by atoms with Crippen LogP contribution in [0.25, 0.3) is 0 Å². The summed E-state index contributed by atoms with van der Waals surface area (Å²) in [4.78, 5) is 11.6. The van der Waals surface area contributed by atoms with Crippen molar-refractivity contribution in [1.29, 1.82) is 0 Å². The third-order valence-corrected chi connectivity index (χ3v) is 2.57. The number of carbonyl (C=O) groups excluding carboxylic acids is 1. The Morgan fingerprint density at radius 1 is 1.53 bits per heavy atom. The van der Waals surface area contributed by atoms with Crippen LogP contribution in [0.2, 0.25) is 0 Å². The molecule has 4 nitrogen and oxygen atoms in total. The highest BCUT2D eigenvalue weighted by molar-refractivity contribution is 5.76. The van der Waals surface area contributed by atoms with Gasteiger partial charge >= 0.3 is 0 Å². The molecule has 0 saturated heterocycles. The van der Waals surface area contributed by atoms with Crippen molar-refractivity contribution in [3.63, 3.8) is 0 Å². The second-order valence-corrected chi connectivity index (χ2v) is 3.71. The van der Waals surface area contributed by atoms with Crippen LogP contribution in [0.1, 0.15) is 32.4 Å². The molecule has 0 aliphatic carbocycles. The zero-order valence-corrected chi connectivity index (χ0v) is 9.66. The number of carbonyl (C=O) groups is 1. The summed E-state index contributed by atoms with van der Waals surface area (Å²) >= 11 is 0. The van der Waals surface area contributed by atoms with Gasteiger partial charge in [0.2, 0.25) is 5.91 Å². The van der Waals surface area contributed by atoms with E-state index >= 15 is 0 Å². The van der Waals surface area contributed by atoms with Crippen LogP contribution in [0.3, 0.4) is 0 Å². The third kappa shape index (κ3) is 3.38. The lowest BCUT2D eigenvalue weighted by molar-refractivity contribution is -0.122. The first-order valence-electron chi connectivity index (χ1n) is 5.45. The Morgan fingerprint density at radius 3 is 2.67 bits per heavy atom. The van der Waals surface area contributed by atoms with Crippen LogP contribution < -0.4 is 5.32 Å². The number of amides is 1. The summed E-state index contributed by atoms with van der Waals surface area (Å²) in [6.07, 6.45) is 3.65. The minimum Gasteiger partial charge on any atom is -0.352 e. The average Bonchev–Trinajstić information content (AvgIpc) is 2.61. The number of hydrogen-bond acceptors (Lipinski definition) is 2. The molecule has 1 amide bonds. The molecule has 0 saturated carbocycles. The van der Waals surface area contributed by atoms with E-state index < -0.39 is 0 Å². The monoisotopic (exact) mass is 209 g/mol. The van der Waals surface area contributed by atoms with E-state index in [4.69, 9.17) is 0 Å². The molecule has 0 spiro atoms. The number of nitrogens with zero attached hydrogens (tertiary/aromatic N) is 2. The van der Waals surface area contributed by atoms with Gasteiger partial charge in [-0.2, -0.15) is 5.10 Å². The number of aromatic nitrogens is 2. The molecular weight excluding hydrogens is 190 g/mol. The Labute approximate surface area is 90.7 Å². The van der Waals surface area contributed by atoms with Gasteiger partial charge in [0.25, 0.3) is 0 Å². The lowest BCUT2D eigenvalue weighted by atomic mass is 10.2. The fraction of sp³-hybridized carbons (Fsp3) is 0.636. The number of hydrogen-bond donors (Lipinski definition) is 1. The summed E-state index contributed by atoms with van der Waals surface area (Å²) in [6, 6.07) is 2.18. The lowest BCUT2D eigenvalue weighted by Crippen LogP contribution is -2.36. The third-order valence-electron chi connectivity index (χ3n) is 2.57. The summed E-state index contributed by atoms with van der Waals surface area (Å²) in [5, 5.41) is 7.05. The van der Waals surface area contributed by atoms with Crippen molar-refractivity contribution < 1.29 is 4.79 Å². The molecule has 0 aliphatic heterocycles. The molecule has 1 heterocycles. The van der Waals surface area contributed by atoms with Crippen LogP contribution in [0.5, 0.6) is 0 Å². The average molecular weight is 209 g/mol. The highest BCUT2D eigenvalue weighted by Crippen LogP contribution is 1.98. The van der Waals surface area contributed by atoms with E-state index in [1.165, 1.54) is 0 Å². The smallest absolute Gasteiger partial charge is 0.241 e. The predicted molar refractivity (Wildman–Crippen MR) is 59.5 cm³/mol. The van der Waals surface area contributed by atoms with E-state index in [1.54, 1.807) is 10.9 Å². The first kappa shape index (κ1) is 11.8. The van der Waals surface area contributed by atoms with Gasteiger partial charge in [-0.3, -0.25) is 9.48 Å². The molecule has 1 aromatic heterocycles. The fourth-order valence-electron chi connectivity index (χ4n) is 1.47. The van der Waals surface area contributed by atoms with Gasteiger partial charge in [-0.25, -0.2) is 0 Å². The Morgan fingerprint density at radius 2 is 2.20 bits per heavy atom. The second kappa shape index (κ2) is 5.53. The summed E-state index contributed by atoms with van der Waals surface area (Å²) < 4.78 is 1.71. The summed E-state index contributed by atoms with van der Waals surface area (Å²) in [5.74, 6) is 0.0375. The van der Waals surface area contributed by atoms with Crippen molar-refractivity contribution in [3.8, 4) is 0 Å². The number of aryl methyl sites for hydroxylation is 1. The Bertz CT molecular complexity index is 315. The Kier molecular flexibility index (Phi) is 4.34. The van der Waals surface area contributed by atoms with Gasteiger partial charge < -0.3 is 5.32 Å². The zero-order valence-electron chi connectivity index (χ0n) is 9.66. The Hall–Kier alpha value is -1.32. The second-order valence-electron chi connectivity index (χ2n) is 3.71. The van der Waals surface area contributed by atoms with Crippen molar-refractivity contribution in [1.82, 2.24) is 15.1 Å². The maximum Gasteiger partial charge on any atom is 0.241 e. The van der Waals surface area contributed by atoms with Gasteiger partial charge in [0.15, 0.2) is 0 Å². The molecule has 0 bridgehead atoms. The quantitative estimate of drug-likeness (QED) is 0.798. The van der Waals surface area contributed by atoms with Crippen LogP contribution in [0.15, 0.2) is 12.3 Å². The summed E-state index contributed by atoms with van der Waals surface area (Å²) in [5.41, 5.74) is 1.01. The van der Waals surface area contributed by atoms with E-state index in [0.717, 1.165) is 18.5 Å². The molecule has 4 heteroatoms. The van der Waals surface area contributed by atoms with Crippen LogP contribution in [0.4, 0.5) is 0 Å². The highest BCUT2D eigenvalue weighted by atomic mass is 16.2. The molecule has 1 aromatic rings. The van der Waals surface area contributed by atoms with E-state index in [-0.39, 0.29) is 11.9 Å². The molecule has 0 aromatic carbocycles. The molecule has 84 valence electrons. The van der Waals surface area contributed by atoms with Crippen LogP contribution in [-0.4, -0.2) is 21.7 Å². The molecule has 1 rings (SSSR count). The predicted octanol–water partition coefficient (Wildman–Crippen LogP) is 1.50. The van der Waals surface area contributed by atoms with Gasteiger partial charge in [-0.05, 0) is 25.8 Å². The fourth-order valence-corrected chi connectivity index (χ4v) is 1.47. The molecule has 15 heavy (non-hydrogen) atoms. The van der Waals surface area contributed by atoms with Gasteiger partial charge in [0.1, 0.15) is 6.54 Å². The highest BCUT2D eigenvalue weighted by Gasteiger charge is 2.09. The lowest BCUT2D eigenvalue weighted by Gasteiger charge is -2.14. The van der Waals surface area contributed by atoms with E-state index in [9.17, 15) is 4.79 Å². The number of rotatable bonds is 5. The molecule has 1 N–H and O–H groups in total. The van der Waals surface area contributed by atoms with Gasteiger partial charge in [-0.1, -0.05) is 13.8 Å². The van der Waals surface area contributed by atoms with E-state index in [2.05, 4.69) is 24.3 Å². The maximum absolute atomic E-state index is 11.6. The molecule has 0 radical (unpaired) electrons. The molecule has 0 fully saturated rings. The largest absolute Gasteiger partial charge is 0.352 e. The van der Waals surface area contributed by atoms with Crippen LogP contribution >= 0.6 is 0 Å². The molecule has 0 unspecified atom stereocenters.